The smallest absolute Gasteiger partial charge is 0.280 e. The molecule has 0 saturated carbocycles. The lowest BCUT2D eigenvalue weighted by Gasteiger charge is -2.19. The Kier molecular flexibility index (Phi) is 4.66. The fourth-order valence-corrected chi connectivity index (χ4v) is 3.26. The summed E-state index contributed by atoms with van der Waals surface area (Å²) in [6.07, 6.45) is 0.735. The Morgan fingerprint density at radius 1 is 1.36 bits per heavy atom. The lowest BCUT2D eigenvalue weighted by Crippen LogP contribution is -2.26. The third kappa shape index (κ3) is 3.51. The van der Waals surface area contributed by atoms with Crippen molar-refractivity contribution in [1.29, 1.82) is 0 Å². The number of ether oxygens (including phenoxy) is 1. The number of pyridine rings is 2. The number of aryl methyl sites for hydroxylation is 1. The van der Waals surface area contributed by atoms with Gasteiger partial charge in [0.2, 0.25) is 11.8 Å². The summed E-state index contributed by atoms with van der Waals surface area (Å²) in [6.45, 7) is 2.47. The molecule has 0 radical (unpaired) electrons. The molecule has 1 aliphatic heterocycles. The number of fused-ring (bicyclic) bond motifs is 1. The maximum Gasteiger partial charge on any atom is 0.280 e. The predicted octanol–water partition coefficient (Wildman–Crippen LogP) is 2.87. The topological polar surface area (TPSA) is 81.9 Å². The Hall–Kier alpha value is -3.10. The van der Waals surface area contributed by atoms with E-state index >= 15 is 0 Å². The second-order valence-electron chi connectivity index (χ2n) is 6.91. The van der Waals surface area contributed by atoms with Crippen molar-refractivity contribution in [3.05, 3.63) is 36.3 Å². The zero-order valence-electron chi connectivity index (χ0n) is 15.4. The highest BCUT2D eigenvalue weighted by Gasteiger charge is 2.29. The minimum atomic E-state index is -2.62. The number of nitrogens with one attached hydrogen (secondary N) is 1. The van der Waals surface area contributed by atoms with E-state index in [1.807, 2.05) is 13.1 Å². The fraction of sp³-hybridized carbons (Fsp3) is 0.368. The van der Waals surface area contributed by atoms with Gasteiger partial charge in [-0.2, -0.15) is 5.10 Å². The molecule has 146 valence electrons. The van der Waals surface area contributed by atoms with Crippen LogP contribution in [0.2, 0.25) is 0 Å². The summed E-state index contributed by atoms with van der Waals surface area (Å²) in [4.78, 5) is 19.9. The molecule has 1 aliphatic rings. The molecule has 1 saturated heterocycles. The quantitative estimate of drug-likeness (QED) is 0.728. The first-order chi connectivity index (χ1) is 13.4. The van der Waals surface area contributed by atoms with Crippen LogP contribution in [-0.2, 0) is 11.8 Å². The number of hydrogen-bond acceptors (Lipinski definition) is 5. The van der Waals surface area contributed by atoms with Crippen LogP contribution >= 0.6 is 0 Å². The molecule has 2 unspecified atom stereocenters. The first kappa shape index (κ1) is 18.3. The molecule has 9 heteroatoms. The van der Waals surface area contributed by atoms with Gasteiger partial charge < -0.3 is 10.1 Å². The van der Waals surface area contributed by atoms with Crippen molar-refractivity contribution in [3.8, 4) is 17.1 Å². The van der Waals surface area contributed by atoms with Crippen LogP contribution in [0.25, 0.3) is 22.2 Å². The van der Waals surface area contributed by atoms with E-state index in [0.29, 0.717) is 35.6 Å². The molecular weight excluding hydrogens is 368 g/mol. The van der Waals surface area contributed by atoms with Gasteiger partial charge in [0.1, 0.15) is 11.8 Å². The van der Waals surface area contributed by atoms with Gasteiger partial charge >= 0.3 is 0 Å². The first-order valence-electron chi connectivity index (χ1n) is 8.93. The SMILES string of the molecule is CC(Oc1nc(-c2ccc(C(F)F)nc2)cc2nn(C)cc12)C1CNC(=O)C1. The van der Waals surface area contributed by atoms with Crippen LogP contribution in [0, 0.1) is 5.92 Å². The van der Waals surface area contributed by atoms with Gasteiger partial charge in [-0.15, -0.1) is 0 Å². The number of alkyl halides is 2. The van der Waals surface area contributed by atoms with Crippen LogP contribution in [0.4, 0.5) is 8.78 Å². The third-order valence-corrected chi connectivity index (χ3v) is 4.86. The number of amides is 1. The van der Waals surface area contributed by atoms with Crippen LogP contribution < -0.4 is 10.1 Å². The van der Waals surface area contributed by atoms with Crippen LogP contribution in [0.1, 0.15) is 25.5 Å². The summed E-state index contributed by atoms with van der Waals surface area (Å²) >= 11 is 0. The largest absolute Gasteiger partial charge is 0.474 e. The predicted molar refractivity (Wildman–Crippen MR) is 97.9 cm³/mol. The Morgan fingerprint density at radius 3 is 2.82 bits per heavy atom. The summed E-state index contributed by atoms with van der Waals surface area (Å²) in [7, 11) is 1.80. The Morgan fingerprint density at radius 2 is 2.18 bits per heavy atom. The maximum atomic E-state index is 12.8. The Labute approximate surface area is 159 Å². The van der Waals surface area contributed by atoms with Gasteiger partial charge in [-0.25, -0.2) is 13.8 Å². The highest BCUT2D eigenvalue weighted by molar-refractivity contribution is 5.86. The summed E-state index contributed by atoms with van der Waals surface area (Å²) < 4.78 is 33.3. The number of carbonyl (C=O) groups excluding carboxylic acids is 1. The molecule has 3 aromatic rings. The summed E-state index contributed by atoms with van der Waals surface area (Å²) in [5, 5.41) is 7.96. The molecule has 0 bridgehead atoms. The van der Waals surface area contributed by atoms with E-state index in [1.54, 1.807) is 23.9 Å². The Bertz CT molecular complexity index is 1020. The van der Waals surface area contributed by atoms with Crippen molar-refractivity contribution in [2.24, 2.45) is 13.0 Å². The monoisotopic (exact) mass is 387 g/mol. The van der Waals surface area contributed by atoms with E-state index < -0.39 is 6.43 Å². The van der Waals surface area contributed by atoms with E-state index in [1.165, 1.54) is 12.3 Å². The van der Waals surface area contributed by atoms with Crippen molar-refractivity contribution < 1.29 is 18.3 Å². The van der Waals surface area contributed by atoms with Crippen molar-refractivity contribution >= 4 is 16.8 Å². The maximum absolute atomic E-state index is 12.8. The molecule has 7 nitrogen and oxygen atoms in total. The van der Waals surface area contributed by atoms with Crippen LogP contribution in [0.5, 0.6) is 5.88 Å². The number of halogens is 2. The summed E-state index contributed by atoms with van der Waals surface area (Å²) in [5.41, 5.74) is 1.51. The number of hydrogen-bond donors (Lipinski definition) is 1. The molecule has 0 aliphatic carbocycles. The lowest BCUT2D eigenvalue weighted by atomic mass is 10.0. The number of nitrogens with zero attached hydrogens (tertiary/aromatic N) is 4. The zero-order valence-corrected chi connectivity index (χ0v) is 15.4. The van der Waals surface area contributed by atoms with Gasteiger partial charge in [0.15, 0.2) is 0 Å². The van der Waals surface area contributed by atoms with Gasteiger partial charge in [0.25, 0.3) is 6.43 Å². The average Bonchev–Trinajstić information content (AvgIpc) is 3.26. The standard InChI is InChI=1S/C19H19F2N5O2/c1-10(12-5-17(27)23-8-12)28-19-13-9-26(2)25-16(13)6-15(24-19)11-3-4-14(18(20)21)22-7-11/h3-4,6-7,9-10,12,18H,5,8H2,1-2H3,(H,23,27). The average molecular weight is 387 g/mol. The van der Waals surface area contributed by atoms with Crippen molar-refractivity contribution in [3.63, 3.8) is 0 Å². The molecule has 4 rings (SSSR count). The molecule has 3 aromatic heterocycles. The fourth-order valence-electron chi connectivity index (χ4n) is 3.26. The van der Waals surface area contributed by atoms with Gasteiger partial charge in [0.05, 0.1) is 16.6 Å². The molecule has 1 fully saturated rings. The molecule has 4 heterocycles. The number of carbonyl (C=O) groups is 1. The molecule has 0 aromatic carbocycles. The molecule has 2 atom stereocenters. The van der Waals surface area contributed by atoms with Gasteiger partial charge in [-0.3, -0.25) is 14.5 Å². The van der Waals surface area contributed by atoms with E-state index in [4.69, 9.17) is 4.74 Å². The number of aromatic nitrogens is 4. The third-order valence-electron chi connectivity index (χ3n) is 4.86. The highest BCUT2D eigenvalue weighted by atomic mass is 19.3. The molecule has 28 heavy (non-hydrogen) atoms. The van der Waals surface area contributed by atoms with Gasteiger partial charge in [-0.05, 0) is 25.1 Å². The van der Waals surface area contributed by atoms with Crippen LogP contribution in [0.15, 0.2) is 30.6 Å². The van der Waals surface area contributed by atoms with Crippen molar-refractivity contribution in [2.45, 2.75) is 25.9 Å². The summed E-state index contributed by atoms with van der Waals surface area (Å²) in [6, 6.07) is 4.61. The van der Waals surface area contributed by atoms with Crippen molar-refractivity contribution in [1.82, 2.24) is 25.1 Å². The summed E-state index contributed by atoms with van der Waals surface area (Å²) in [5.74, 6) is 0.459. The Balaban J connectivity index is 1.69. The molecule has 1 N–H and O–H groups in total. The minimum Gasteiger partial charge on any atom is -0.474 e. The van der Waals surface area contributed by atoms with Crippen LogP contribution in [-0.4, -0.2) is 38.3 Å². The normalized spacial score (nSPS) is 17.9. The van der Waals surface area contributed by atoms with Gasteiger partial charge in [-0.1, -0.05) is 0 Å². The van der Waals surface area contributed by atoms with E-state index in [0.717, 1.165) is 5.39 Å². The molecule has 0 spiro atoms. The van der Waals surface area contributed by atoms with E-state index in [9.17, 15) is 13.6 Å². The second kappa shape index (κ2) is 7.14. The first-order valence-corrected chi connectivity index (χ1v) is 8.93. The lowest BCUT2D eigenvalue weighted by molar-refractivity contribution is -0.119. The minimum absolute atomic E-state index is 0.0129. The van der Waals surface area contributed by atoms with E-state index in [-0.39, 0.29) is 23.6 Å². The van der Waals surface area contributed by atoms with Crippen LogP contribution in [0.3, 0.4) is 0 Å². The molecule has 1 amide bonds. The van der Waals surface area contributed by atoms with Crippen molar-refractivity contribution in [2.75, 3.05) is 6.54 Å². The second-order valence-corrected chi connectivity index (χ2v) is 6.91. The molecular formula is C19H19F2N5O2. The van der Waals surface area contributed by atoms with E-state index in [2.05, 4.69) is 20.4 Å². The highest BCUT2D eigenvalue weighted by Crippen LogP contribution is 2.31. The van der Waals surface area contributed by atoms with Gasteiger partial charge in [0, 0.05) is 43.9 Å². The zero-order chi connectivity index (χ0) is 19.8. The number of rotatable bonds is 5.